The van der Waals surface area contributed by atoms with Crippen LogP contribution in [-0.2, 0) is 0 Å². The molecule has 0 saturated carbocycles. The van der Waals surface area contributed by atoms with Gasteiger partial charge in [-0.25, -0.2) is 4.98 Å². The molecular weight excluding hydrogens is 222 g/mol. The third-order valence-corrected chi connectivity index (χ3v) is 3.21. The SMILES string of the molecule is c1ccc2c(c1)OCCC2Nc1ncns1. The summed E-state index contributed by atoms with van der Waals surface area (Å²) in [5.74, 6) is 0.968. The third-order valence-electron chi connectivity index (χ3n) is 2.62. The number of anilines is 1. The molecule has 4 nitrogen and oxygen atoms in total. The molecule has 3 rings (SSSR count). The molecule has 0 saturated heterocycles. The van der Waals surface area contributed by atoms with Crippen molar-refractivity contribution in [1.29, 1.82) is 0 Å². The first-order chi connectivity index (χ1) is 7.93. The van der Waals surface area contributed by atoms with E-state index in [1.807, 2.05) is 18.2 Å². The van der Waals surface area contributed by atoms with Gasteiger partial charge in [0.2, 0.25) is 5.13 Å². The maximum atomic E-state index is 5.60. The molecule has 82 valence electrons. The van der Waals surface area contributed by atoms with Crippen LogP contribution < -0.4 is 10.1 Å². The largest absolute Gasteiger partial charge is 0.493 e. The topological polar surface area (TPSA) is 47.0 Å². The van der Waals surface area contributed by atoms with E-state index in [4.69, 9.17) is 4.74 Å². The molecule has 0 bridgehead atoms. The highest BCUT2D eigenvalue weighted by molar-refractivity contribution is 7.09. The van der Waals surface area contributed by atoms with Gasteiger partial charge in [0.25, 0.3) is 0 Å². The van der Waals surface area contributed by atoms with E-state index in [1.54, 1.807) is 6.33 Å². The van der Waals surface area contributed by atoms with Gasteiger partial charge in [0.05, 0.1) is 12.6 Å². The minimum Gasteiger partial charge on any atom is -0.493 e. The van der Waals surface area contributed by atoms with E-state index in [1.165, 1.54) is 17.1 Å². The van der Waals surface area contributed by atoms with Gasteiger partial charge in [-0.1, -0.05) is 18.2 Å². The van der Waals surface area contributed by atoms with Gasteiger partial charge < -0.3 is 10.1 Å². The summed E-state index contributed by atoms with van der Waals surface area (Å²) >= 11 is 1.38. The van der Waals surface area contributed by atoms with Crippen LogP contribution in [0.25, 0.3) is 0 Å². The molecule has 5 heteroatoms. The number of para-hydroxylation sites is 1. The fourth-order valence-electron chi connectivity index (χ4n) is 1.88. The average molecular weight is 233 g/mol. The first-order valence-corrected chi connectivity index (χ1v) is 5.96. The van der Waals surface area contributed by atoms with Gasteiger partial charge in [-0.15, -0.1) is 0 Å². The van der Waals surface area contributed by atoms with Crippen LogP contribution in [0.4, 0.5) is 5.13 Å². The van der Waals surface area contributed by atoms with Crippen LogP contribution in [0.1, 0.15) is 18.0 Å². The van der Waals surface area contributed by atoms with Crippen molar-refractivity contribution in [2.24, 2.45) is 0 Å². The second-order valence-corrected chi connectivity index (χ2v) is 4.40. The Balaban J connectivity index is 1.87. The molecule has 16 heavy (non-hydrogen) atoms. The molecule has 0 aliphatic carbocycles. The quantitative estimate of drug-likeness (QED) is 0.865. The number of rotatable bonds is 2. The molecule has 2 aromatic rings. The van der Waals surface area contributed by atoms with Crippen molar-refractivity contribution in [2.45, 2.75) is 12.5 Å². The van der Waals surface area contributed by atoms with E-state index in [2.05, 4.69) is 20.7 Å². The Morgan fingerprint density at radius 1 is 1.38 bits per heavy atom. The Kier molecular flexibility index (Phi) is 2.46. The monoisotopic (exact) mass is 233 g/mol. The summed E-state index contributed by atoms with van der Waals surface area (Å²) < 4.78 is 9.58. The van der Waals surface area contributed by atoms with Gasteiger partial charge in [-0.3, -0.25) is 0 Å². The minimum atomic E-state index is 0.276. The molecule has 0 spiro atoms. The second-order valence-electron chi connectivity index (χ2n) is 3.62. The normalized spacial score (nSPS) is 18.6. The van der Waals surface area contributed by atoms with Gasteiger partial charge in [0.15, 0.2) is 0 Å². The Morgan fingerprint density at radius 3 is 3.19 bits per heavy atom. The highest BCUT2D eigenvalue weighted by Crippen LogP contribution is 2.33. The van der Waals surface area contributed by atoms with Gasteiger partial charge in [-0.2, -0.15) is 4.37 Å². The van der Waals surface area contributed by atoms with Crippen LogP contribution in [0.3, 0.4) is 0 Å². The molecule has 0 fully saturated rings. The molecular formula is C11H11N3OS. The first-order valence-electron chi connectivity index (χ1n) is 5.18. The van der Waals surface area contributed by atoms with E-state index >= 15 is 0 Å². The maximum Gasteiger partial charge on any atom is 0.202 e. The first kappa shape index (κ1) is 9.59. The molecule has 0 radical (unpaired) electrons. The van der Waals surface area contributed by atoms with Crippen molar-refractivity contribution in [3.05, 3.63) is 36.2 Å². The van der Waals surface area contributed by atoms with E-state index in [0.717, 1.165) is 23.9 Å². The Labute approximate surface area is 97.5 Å². The predicted octanol–water partition coefficient (Wildman–Crippen LogP) is 2.47. The van der Waals surface area contributed by atoms with Gasteiger partial charge in [0.1, 0.15) is 12.1 Å². The van der Waals surface area contributed by atoms with Crippen LogP contribution in [-0.4, -0.2) is 16.0 Å². The number of hydrogen-bond donors (Lipinski definition) is 1. The lowest BCUT2D eigenvalue weighted by atomic mass is 10.0. The zero-order chi connectivity index (χ0) is 10.8. The van der Waals surface area contributed by atoms with Gasteiger partial charge in [0, 0.05) is 23.5 Å². The number of ether oxygens (including phenoxy) is 1. The lowest BCUT2D eigenvalue weighted by Crippen LogP contribution is -2.20. The third kappa shape index (κ3) is 1.74. The number of fused-ring (bicyclic) bond motifs is 1. The summed E-state index contributed by atoms with van der Waals surface area (Å²) in [5.41, 5.74) is 1.20. The molecule has 1 unspecified atom stereocenters. The lowest BCUT2D eigenvalue weighted by Gasteiger charge is -2.26. The number of hydrogen-bond acceptors (Lipinski definition) is 5. The van der Waals surface area contributed by atoms with E-state index in [0.29, 0.717) is 0 Å². The van der Waals surface area contributed by atoms with E-state index in [9.17, 15) is 0 Å². The predicted molar refractivity (Wildman–Crippen MR) is 62.8 cm³/mol. The van der Waals surface area contributed by atoms with Gasteiger partial charge in [-0.05, 0) is 6.07 Å². The Morgan fingerprint density at radius 2 is 2.31 bits per heavy atom. The standard InChI is InChI=1S/C11H11N3OS/c1-2-4-10-8(3-1)9(5-6-15-10)14-11-12-7-13-16-11/h1-4,7,9H,5-6H2,(H,12,13,14). The van der Waals surface area contributed by atoms with Crippen molar-refractivity contribution in [3.8, 4) is 5.75 Å². The lowest BCUT2D eigenvalue weighted by molar-refractivity contribution is 0.274. The maximum absolute atomic E-state index is 5.60. The Bertz CT molecular complexity index is 472. The molecule has 0 amide bonds. The summed E-state index contributed by atoms with van der Waals surface area (Å²) in [4.78, 5) is 4.14. The molecule has 1 aromatic heterocycles. The molecule has 1 aromatic carbocycles. The highest BCUT2D eigenvalue weighted by Gasteiger charge is 2.21. The van der Waals surface area contributed by atoms with Crippen LogP contribution in [0, 0.1) is 0 Å². The number of benzene rings is 1. The zero-order valence-electron chi connectivity index (χ0n) is 8.59. The van der Waals surface area contributed by atoms with Crippen LogP contribution in [0.5, 0.6) is 5.75 Å². The highest BCUT2D eigenvalue weighted by atomic mass is 32.1. The molecule has 1 atom stereocenters. The van der Waals surface area contributed by atoms with Crippen molar-refractivity contribution < 1.29 is 4.74 Å². The number of aromatic nitrogens is 2. The van der Waals surface area contributed by atoms with Crippen molar-refractivity contribution in [3.63, 3.8) is 0 Å². The summed E-state index contributed by atoms with van der Waals surface area (Å²) in [5, 5.41) is 4.24. The molecule has 1 aliphatic heterocycles. The molecule has 2 heterocycles. The molecule has 1 aliphatic rings. The minimum absolute atomic E-state index is 0.276. The number of nitrogens with zero attached hydrogens (tertiary/aromatic N) is 2. The molecule has 1 N–H and O–H groups in total. The summed E-state index contributed by atoms with van der Waals surface area (Å²) in [6.45, 7) is 0.744. The fraction of sp³-hybridized carbons (Fsp3) is 0.273. The number of nitrogens with one attached hydrogen (secondary N) is 1. The van der Waals surface area contributed by atoms with Crippen LogP contribution in [0.15, 0.2) is 30.6 Å². The van der Waals surface area contributed by atoms with Crippen LogP contribution >= 0.6 is 11.5 Å². The van der Waals surface area contributed by atoms with E-state index < -0.39 is 0 Å². The van der Waals surface area contributed by atoms with E-state index in [-0.39, 0.29) is 6.04 Å². The summed E-state index contributed by atoms with van der Waals surface area (Å²) in [6, 6.07) is 8.39. The van der Waals surface area contributed by atoms with Crippen molar-refractivity contribution >= 4 is 16.7 Å². The fourth-order valence-corrected chi connectivity index (χ4v) is 2.36. The van der Waals surface area contributed by atoms with Crippen molar-refractivity contribution in [2.75, 3.05) is 11.9 Å². The summed E-state index contributed by atoms with van der Waals surface area (Å²) in [7, 11) is 0. The van der Waals surface area contributed by atoms with Gasteiger partial charge >= 0.3 is 0 Å². The smallest absolute Gasteiger partial charge is 0.202 e. The van der Waals surface area contributed by atoms with Crippen LogP contribution in [0.2, 0.25) is 0 Å². The zero-order valence-corrected chi connectivity index (χ0v) is 9.41. The summed E-state index contributed by atoms with van der Waals surface area (Å²) in [6.07, 6.45) is 2.52. The second kappa shape index (κ2) is 4.09. The van der Waals surface area contributed by atoms with Crippen molar-refractivity contribution in [1.82, 2.24) is 9.36 Å². The average Bonchev–Trinajstić information content (AvgIpc) is 2.82. The Hall–Kier alpha value is -1.62.